The highest BCUT2D eigenvalue weighted by atomic mass is 16.2. The fourth-order valence-electron chi connectivity index (χ4n) is 2.12. The number of nitrogens with one attached hydrogen (secondary N) is 2. The summed E-state index contributed by atoms with van der Waals surface area (Å²) < 4.78 is 0. The molecule has 126 valence electrons. The molecule has 1 aromatic heterocycles. The van der Waals surface area contributed by atoms with E-state index < -0.39 is 0 Å². The predicted octanol–water partition coefficient (Wildman–Crippen LogP) is 3.53. The maximum atomic E-state index is 12.1. The van der Waals surface area contributed by atoms with E-state index >= 15 is 0 Å². The maximum absolute atomic E-state index is 12.1. The first-order valence-corrected chi connectivity index (χ1v) is 8.10. The van der Waals surface area contributed by atoms with E-state index in [4.69, 9.17) is 0 Å². The van der Waals surface area contributed by atoms with Crippen LogP contribution in [0, 0.1) is 0 Å². The van der Waals surface area contributed by atoms with Crippen LogP contribution in [-0.2, 0) is 0 Å². The third-order valence-electron chi connectivity index (χ3n) is 3.53. The number of carbonyl (C=O) groups excluding carboxylic acids is 2. The van der Waals surface area contributed by atoms with Crippen LogP contribution in [-0.4, -0.2) is 28.4 Å². The zero-order valence-corrected chi connectivity index (χ0v) is 14.0. The Labute approximate surface area is 141 Å². The molecule has 6 heteroatoms. The van der Waals surface area contributed by atoms with Gasteiger partial charge in [0.1, 0.15) is 5.82 Å². The zero-order valence-electron chi connectivity index (χ0n) is 14.0. The summed E-state index contributed by atoms with van der Waals surface area (Å²) in [5.74, 6) is 0.310. The standard InChI is InChI=1S/C18H22N4O2/c1-3-4-5-12-19-17-11-10-16(21-22-17)18(24)20-15-8-6-14(7-9-15)13(2)23/h6-11H,3-5,12H2,1-2H3,(H,19,22)(H,20,24). The van der Waals surface area contributed by atoms with E-state index in [-0.39, 0.29) is 17.4 Å². The van der Waals surface area contributed by atoms with Gasteiger partial charge in [0.2, 0.25) is 0 Å². The fourth-order valence-corrected chi connectivity index (χ4v) is 2.12. The van der Waals surface area contributed by atoms with Crippen molar-refractivity contribution in [3.63, 3.8) is 0 Å². The van der Waals surface area contributed by atoms with Crippen molar-refractivity contribution in [3.05, 3.63) is 47.7 Å². The number of ketones is 1. The Morgan fingerprint density at radius 2 is 1.75 bits per heavy atom. The van der Waals surface area contributed by atoms with E-state index in [9.17, 15) is 9.59 Å². The van der Waals surface area contributed by atoms with Gasteiger partial charge < -0.3 is 10.6 Å². The molecule has 0 saturated heterocycles. The van der Waals surface area contributed by atoms with Gasteiger partial charge in [-0.05, 0) is 49.7 Å². The third kappa shape index (κ3) is 5.15. The molecule has 2 rings (SSSR count). The second kappa shape index (κ2) is 8.76. The normalized spacial score (nSPS) is 10.2. The van der Waals surface area contributed by atoms with Gasteiger partial charge in [0.05, 0.1) is 0 Å². The third-order valence-corrected chi connectivity index (χ3v) is 3.53. The number of amides is 1. The topological polar surface area (TPSA) is 84.0 Å². The number of carbonyl (C=O) groups is 2. The van der Waals surface area contributed by atoms with E-state index in [1.165, 1.54) is 19.8 Å². The first-order valence-electron chi connectivity index (χ1n) is 8.10. The van der Waals surface area contributed by atoms with Crippen LogP contribution in [0.15, 0.2) is 36.4 Å². The van der Waals surface area contributed by atoms with Gasteiger partial charge in [0.25, 0.3) is 5.91 Å². The minimum Gasteiger partial charge on any atom is -0.369 e. The lowest BCUT2D eigenvalue weighted by Gasteiger charge is -2.07. The summed E-state index contributed by atoms with van der Waals surface area (Å²) in [6.45, 7) is 4.50. The number of anilines is 2. The van der Waals surface area contributed by atoms with Gasteiger partial charge in [-0.15, -0.1) is 10.2 Å². The molecular formula is C18H22N4O2. The van der Waals surface area contributed by atoms with Gasteiger partial charge in [-0.25, -0.2) is 0 Å². The van der Waals surface area contributed by atoms with Crippen molar-refractivity contribution in [1.29, 1.82) is 0 Å². The van der Waals surface area contributed by atoms with Crippen LogP contribution < -0.4 is 10.6 Å². The van der Waals surface area contributed by atoms with Crippen molar-refractivity contribution in [1.82, 2.24) is 10.2 Å². The molecular weight excluding hydrogens is 304 g/mol. The van der Waals surface area contributed by atoms with Gasteiger partial charge >= 0.3 is 0 Å². The second-order valence-corrected chi connectivity index (χ2v) is 5.53. The molecule has 0 bridgehead atoms. The zero-order chi connectivity index (χ0) is 17.4. The molecule has 0 aliphatic rings. The summed E-state index contributed by atoms with van der Waals surface area (Å²) in [5, 5.41) is 13.9. The average Bonchev–Trinajstić information content (AvgIpc) is 2.59. The summed E-state index contributed by atoms with van der Waals surface area (Å²) in [5.41, 5.74) is 1.45. The molecule has 0 spiro atoms. The number of benzene rings is 1. The molecule has 2 N–H and O–H groups in total. The Bertz CT molecular complexity index is 681. The Morgan fingerprint density at radius 3 is 2.33 bits per heavy atom. The number of rotatable bonds is 8. The Balaban J connectivity index is 1.91. The molecule has 1 amide bonds. The van der Waals surface area contributed by atoms with Crippen LogP contribution in [0.1, 0.15) is 54.0 Å². The van der Waals surface area contributed by atoms with Crippen LogP contribution in [0.2, 0.25) is 0 Å². The van der Waals surface area contributed by atoms with Gasteiger partial charge in [0, 0.05) is 17.8 Å². The van der Waals surface area contributed by atoms with Crippen molar-refractivity contribution in [2.24, 2.45) is 0 Å². The highest BCUT2D eigenvalue weighted by molar-refractivity contribution is 6.03. The van der Waals surface area contributed by atoms with Crippen molar-refractivity contribution in [3.8, 4) is 0 Å². The van der Waals surface area contributed by atoms with Crippen LogP contribution >= 0.6 is 0 Å². The van der Waals surface area contributed by atoms with Gasteiger partial charge in [0.15, 0.2) is 11.5 Å². The molecule has 0 saturated carbocycles. The number of unbranched alkanes of at least 4 members (excludes halogenated alkanes) is 2. The highest BCUT2D eigenvalue weighted by Gasteiger charge is 2.09. The summed E-state index contributed by atoms with van der Waals surface area (Å²) in [4.78, 5) is 23.4. The number of hydrogen-bond acceptors (Lipinski definition) is 5. The predicted molar refractivity (Wildman–Crippen MR) is 94.4 cm³/mol. The molecule has 24 heavy (non-hydrogen) atoms. The molecule has 1 aromatic carbocycles. The quantitative estimate of drug-likeness (QED) is 0.572. The van der Waals surface area contributed by atoms with Crippen molar-refractivity contribution in [2.75, 3.05) is 17.2 Å². The summed E-state index contributed by atoms with van der Waals surface area (Å²) in [6.07, 6.45) is 3.42. The lowest BCUT2D eigenvalue weighted by Crippen LogP contribution is -2.15. The minimum atomic E-state index is -0.337. The van der Waals surface area contributed by atoms with Gasteiger partial charge in [-0.1, -0.05) is 19.8 Å². The molecule has 2 aromatic rings. The summed E-state index contributed by atoms with van der Waals surface area (Å²) in [7, 11) is 0. The van der Waals surface area contributed by atoms with Crippen LogP contribution in [0.25, 0.3) is 0 Å². The smallest absolute Gasteiger partial charge is 0.276 e. The lowest BCUT2D eigenvalue weighted by molar-refractivity contribution is 0.101. The molecule has 0 aliphatic carbocycles. The van der Waals surface area contributed by atoms with E-state index in [1.54, 1.807) is 36.4 Å². The molecule has 1 heterocycles. The van der Waals surface area contributed by atoms with Crippen molar-refractivity contribution in [2.45, 2.75) is 33.1 Å². The molecule has 0 aliphatic heterocycles. The summed E-state index contributed by atoms with van der Waals surface area (Å²) in [6, 6.07) is 10.1. The van der Waals surface area contributed by atoms with E-state index in [0.717, 1.165) is 13.0 Å². The van der Waals surface area contributed by atoms with Gasteiger partial charge in [-0.2, -0.15) is 0 Å². The van der Waals surface area contributed by atoms with Crippen LogP contribution in [0.5, 0.6) is 0 Å². The summed E-state index contributed by atoms with van der Waals surface area (Å²) >= 11 is 0. The van der Waals surface area contributed by atoms with E-state index in [0.29, 0.717) is 17.1 Å². The van der Waals surface area contributed by atoms with E-state index in [2.05, 4.69) is 27.8 Å². The van der Waals surface area contributed by atoms with Crippen molar-refractivity contribution < 1.29 is 9.59 Å². The first kappa shape index (κ1) is 17.6. The largest absolute Gasteiger partial charge is 0.369 e. The fraction of sp³-hybridized carbons (Fsp3) is 0.333. The molecule has 0 unspecified atom stereocenters. The van der Waals surface area contributed by atoms with Gasteiger partial charge in [-0.3, -0.25) is 9.59 Å². The van der Waals surface area contributed by atoms with Crippen molar-refractivity contribution >= 4 is 23.2 Å². The lowest BCUT2D eigenvalue weighted by atomic mass is 10.1. The van der Waals surface area contributed by atoms with E-state index in [1.807, 2.05) is 0 Å². The highest BCUT2D eigenvalue weighted by Crippen LogP contribution is 2.11. The van der Waals surface area contributed by atoms with Crippen LogP contribution in [0.4, 0.5) is 11.5 Å². The number of nitrogens with zero attached hydrogens (tertiary/aromatic N) is 2. The van der Waals surface area contributed by atoms with Crippen LogP contribution in [0.3, 0.4) is 0 Å². The first-order chi connectivity index (χ1) is 11.6. The molecule has 0 atom stereocenters. The minimum absolute atomic E-state index is 0.0132. The molecule has 0 fully saturated rings. The Hall–Kier alpha value is -2.76. The monoisotopic (exact) mass is 326 g/mol. The maximum Gasteiger partial charge on any atom is 0.276 e. The average molecular weight is 326 g/mol. The number of hydrogen-bond donors (Lipinski definition) is 2. The molecule has 6 nitrogen and oxygen atoms in total. The Kier molecular flexibility index (Phi) is 6.42. The number of aromatic nitrogens is 2. The number of Topliss-reactive ketones (excluding diaryl/α,β-unsaturated/α-hetero) is 1. The molecule has 0 radical (unpaired) electrons. The second-order valence-electron chi connectivity index (χ2n) is 5.53. The Morgan fingerprint density at radius 1 is 1.00 bits per heavy atom. The SMILES string of the molecule is CCCCCNc1ccc(C(=O)Nc2ccc(C(C)=O)cc2)nn1.